The molecule has 3 aliphatic rings. The summed E-state index contributed by atoms with van der Waals surface area (Å²) in [6.07, 6.45) is 2.33. The third-order valence-corrected chi connectivity index (χ3v) is 4.83. The van der Waals surface area contributed by atoms with Gasteiger partial charge in [0.25, 0.3) is 0 Å². The highest BCUT2D eigenvalue weighted by atomic mass is 16.6. The average molecular weight is 286 g/mol. The number of ether oxygens (including phenoxy) is 3. The summed E-state index contributed by atoms with van der Waals surface area (Å²) in [6.45, 7) is 5.77. The second-order valence-corrected chi connectivity index (χ2v) is 6.24. The molecule has 110 valence electrons. The van der Waals surface area contributed by atoms with Gasteiger partial charge in [-0.25, -0.2) is 0 Å². The smallest absolute Gasteiger partial charge is 0.313 e. The Hall–Kier alpha value is -1.97. The first-order valence-corrected chi connectivity index (χ1v) is 7.40. The van der Waals surface area contributed by atoms with E-state index in [0.29, 0.717) is 26.2 Å². The van der Waals surface area contributed by atoms with Crippen molar-refractivity contribution in [3.63, 3.8) is 0 Å². The van der Waals surface area contributed by atoms with Crippen molar-refractivity contribution in [1.29, 1.82) is 0 Å². The molecule has 1 aromatic rings. The lowest BCUT2D eigenvalue weighted by Crippen LogP contribution is -2.31. The van der Waals surface area contributed by atoms with E-state index >= 15 is 0 Å². The predicted molar refractivity (Wildman–Crippen MR) is 76.4 cm³/mol. The second-order valence-electron chi connectivity index (χ2n) is 6.24. The Kier molecular flexibility index (Phi) is 2.74. The van der Waals surface area contributed by atoms with Crippen LogP contribution in [-0.2, 0) is 16.0 Å². The first-order chi connectivity index (χ1) is 10.2. The largest absolute Gasteiger partial charge is 0.486 e. The molecule has 0 amide bonds. The van der Waals surface area contributed by atoms with Gasteiger partial charge in [0.05, 0.1) is 12.0 Å². The lowest BCUT2D eigenvalue weighted by atomic mass is 9.75. The quantitative estimate of drug-likeness (QED) is 0.619. The van der Waals surface area contributed by atoms with Gasteiger partial charge in [-0.1, -0.05) is 18.2 Å². The maximum Gasteiger partial charge on any atom is 0.313 e. The number of rotatable bonds is 2. The van der Waals surface area contributed by atoms with E-state index in [9.17, 15) is 4.79 Å². The van der Waals surface area contributed by atoms with Crippen LogP contribution in [0.3, 0.4) is 0 Å². The molecule has 4 rings (SSSR count). The van der Waals surface area contributed by atoms with E-state index in [1.807, 2.05) is 18.2 Å². The van der Waals surface area contributed by atoms with Crippen molar-refractivity contribution in [2.45, 2.75) is 19.3 Å². The lowest BCUT2D eigenvalue weighted by Gasteiger charge is -2.25. The Morgan fingerprint density at radius 2 is 2.00 bits per heavy atom. The van der Waals surface area contributed by atoms with Gasteiger partial charge in [0.15, 0.2) is 11.5 Å². The van der Waals surface area contributed by atoms with Crippen LogP contribution in [0.4, 0.5) is 0 Å². The monoisotopic (exact) mass is 286 g/mol. The van der Waals surface area contributed by atoms with Gasteiger partial charge in [-0.2, -0.15) is 0 Å². The van der Waals surface area contributed by atoms with E-state index in [1.54, 1.807) is 0 Å². The van der Waals surface area contributed by atoms with E-state index in [4.69, 9.17) is 14.2 Å². The summed E-state index contributed by atoms with van der Waals surface area (Å²) in [5, 5.41) is 0. The maximum atomic E-state index is 12.3. The van der Waals surface area contributed by atoms with Crippen molar-refractivity contribution in [3.8, 4) is 11.5 Å². The number of carbonyl (C=O) groups excluding carboxylic acids is 1. The highest BCUT2D eigenvalue weighted by molar-refractivity contribution is 5.81. The van der Waals surface area contributed by atoms with E-state index in [2.05, 4.69) is 6.58 Å². The topological polar surface area (TPSA) is 44.8 Å². The minimum atomic E-state index is -0.416. The summed E-state index contributed by atoms with van der Waals surface area (Å²) >= 11 is 0. The molecular formula is C17H18O4. The van der Waals surface area contributed by atoms with E-state index in [0.717, 1.165) is 35.5 Å². The molecule has 1 saturated heterocycles. The molecule has 2 aliphatic heterocycles. The standard InChI is InChI=1S/C17H18O4/c1-11-6-13-10-21-16(18)17(13,8-11)9-12-2-3-14-15(7-12)20-5-4-19-14/h2-3,7,13H,1,4-6,8-10H2. The molecule has 2 atom stereocenters. The highest BCUT2D eigenvalue weighted by Gasteiger charge is 2.55. The lowest BCUT2D eigenvalue weighted by molar-refractivity contribution is -0.146. The number of fused-ring (bicyclic) bond motifs is 2. The number of esters is 1. The Labute approximate surface area is 123 Å². The van der Waals surface area contributed by atoms with Gasteiger partial charge >= 0.3 is 5.97 Å². The number of benzene rings is 1. The molecule has 2 unspecified atom stereocenters. The van der Waals surface area contributed by atoms with Crippen molar-refractivity contribution in [2.24, 2.45) is 11.3 Å². The third-order valence-electron chi connectivity index (χ3n) is 4.83. The SMILES string of the molecule is C=C1CC2COC(=O)C2(Cc2ccc3c(c2)OCCO3)C1. The molecule has 0 aromatic heterocycles. The fourth-order valence-electron chi connectivity index (χ4n) is 3.82. The first kappa shape index (κ1) is 12.7. The van der Waals surface area contributed by atoms with Crippen LogP contribution in [0.5, 0.6) is 11.5 Å². The Balaban J connectivity index is 1.65. The summed E-state index contributed by atoms with van der Waals surface area (Å²) in [6, 6.07) is 5.94. The number of carbonyl (C=O) groups is 1. The minimum absolute atomic E-state index is 0.0685. The zero-order valence-electron chi connectivity index (χ0n) is 11.9. The molecule has 0 spiro atoms. The third kappa shape index (κ3) is 1.93. The second kappa shape index (κ2) is 4.52. The van der Waals surface area contributed by atoms with Gasteiger partial charge in [0, 0.05) is 5.92 Å². The van der Waals surface area contributed by atoms with Gasteiger partial charge in [-0.05, 0) is 37.0 Å². The van der Waals surface area contributed by atoms with Gasteiger partial charge in [0.2, 0.25) is 0 Å². The van der Waals surface area contributed by atoms with Crippen molar-refractivity contribution in [1.82, 2.24) is 0 Å². The molecule has 2 fully saturated rings. The Bertz CT molecular complexity index is 621. The van der Waals surface area contributed by atoms with Gasteiger partial charge < -0.3 is 14.2 Å². The summed E-state index contributed by atoms with van der Waals surface area (Å²) in [5.41, 5.74) is 1.84. The zero-order chi connectivity index (χ0) is 14.4. The van der Waals surface area contributed by atoms with E-state index in [-0.39, 0.29) is 11.9 Å². The molecule has 0 radical (unpaired) electrons. The van der Waals surface area contributed by atoms with Gasteiger partial charge in [0.1, 0.15) is 13.2 Å². The van der Waals surface area contributed by atoms with Crippen molar-refractivity contribution >= 4 is 5.97 Å². The molecule has 1 aromatic carbocycles. The number of allylic oxidation sites excluding steroid dienone is 1. The fraction of sp³-hybridized carbons (Fsp3) is 0.471. The van der Waals surface area contributed by atoms with Crippen LogP contribution in [-0.4, -0.2) is 25.8 Å². The summed E-state index contributed by atoms with van der Waals surface area (Å²) in [7, 11) is 0. The van der Waals surface area contributed by atoms with Crippen LogP contribution in [0.15, 0.2) is 30.4 Å². The van der Waals surface area contributed by atoms with E-state index in [1.165, 1.54) is 0 Å². The first-order valence-electron chi connectivity index (χ1n) is 7.40. The maximum absolute atomic E-state index is 12.3. The van der Waals surface area contributed by atoms with Gasteiger partial charge in [-0.3, -0.25) is 4.79 Å². The van der Waals surface area contributed by atoms with Crippen LogP contribution in [0.25, 0.3) is 0 Å². The number of cyclic esters (lactones) is 1. The molecule has 1 saturated carbocycles. The van der Waals surface area contributed by atoms with E-state index < -0.39 is 5.41 Å². The molecular weight excluding hydrogens is 268 g/mol. The van der Waals surface area contributed by atoms with Crippen LogP contribution in [0.2, 0.25) is 0 Å². The average Bonchev–Trinajstić information content (AvgIpc) is 2.94. The molecule has 0 bridgehead atoms. The van der Waals surface area contributed by atoms with Crippen molar-refractivity contribution in [2.75, 3.05) is 19.8 Å². The minimum Gasteiger partial charge on any atom is -0.486 e. The number of hydrogen-bond acceptors (Lipinski definition) is 4. The molecule has 4 nitrogen and oxygen atoms in total. The summed E-state index contributed by atoms with van der Waals surface area (Å²) in [4.78, 5) is 12.3. The molecule has 0 N–H and O–H groups in total. The summed E-state index contributed by atoms with van der Waals surface area (Å²) < 4.78 is 16.5. The predicted octanol–water partition coefficient (Wildman–Crippen LogP) is 2.51. The van der Waals surface area contributed by atoms with Crippen LogP contribution < -0.4 is 9.47 Å². The van der Waals surface area contributed by atoms with Crippen molar-refractivity contribution in [3.05, 3.63) is 35.9 Å². The highest BCUT2D eigenvalue weighted by Crippen LogP contribution is 2.52. The fourth-order valence-corrected chi connectivity index (χ4v) is 3.82. The Morgan fingerprint density at radius 1 is 1.19 bits per heavy atom. The molecule has 4 heteroatoms. The van der Waals surface area contributed by atoms with Crippen LogP contribution >= 0.6 is 0 Å². The van der Waals surface area contributed by atoms with Crippen LogP contribution in [0, 0.1) is 11.3 Å². The molecule has 2 heterocycles. The summed E-state index contributed by atoms with van der Waals surface area (Å²) in [5.74, 6) is 1.76. The molecule has 1 aliphatic carbocycles. The van der Waals surface area contributed by atoms with Crippen molar-refractivity contribution < 1.29 is 19.0 Å². The van der Waals surface area contributed by atoms with Gasteiger partial charge in [-0.15, -0.1) is 0 Å². The zero-order valence-corrected chi connectivity index (χ0v) is 11.9. The number of hydrogen-bond donors (Lipinski definition) is 0. The van der Waals surface area contributed by atoms with Crippen LogP contribution in [0.1, 0.15) is 18.4 Å². The normalized spacial score (nSPS) is 30.2. The molecule has 21 heavy (non-hydrogen) atoms. The Morgan fingerprint density at radius 3 is 2.86 bits per heavy atom.